The van der Waals surface area contributed by atoms with Gasteiger partial charge in [-0.3, -0.25) is 15.0 Å². The van der Waals surface area contributed by atoms with Crippen molar-refractivity contribution >= 4 is 23.4 Å². The van der Waals surface area contributed by atoms with Crippen molar-refractivity contribution in [3.63, 3.8) is 0 Å². The fourth-order valence-electron chi connectivity index (χ4n) is 3.03. The van der Waals surface area contributed by atoms with E-state index < -0.39 is 22.5 Å². The summed E-state index contributed by atoms with van der Waals surface area (Å²) in [5, 5.41) is 11.8. The first-order valence-corrected chi connectivity index (χ1v) is 10.6. The molecule has 0 unspecified atom stereocenters. The van der Waals surface area contributed by atoms with Gasteiger partial charge in [0.15, 0.2) is 0 Å². The van der Waals surface area contributed by atoms with Crippen LogP contribution < -0.4 is 20.1 Å². The quantitative estimate of drug-likeness (QED) is 0.198. The van der Waals surface area contributed by atoms with E-state index in [0.717, 1.165) is 16.0 Å². The minimum Gasteiger partial charge on any atom is -0.490 e. The second kappa shape index (κ2) is 12.8. The number of rotatable bonds is 13. The lowest BCUT2D eigenvalue weighted by Crippen LogP contribution is -2.35. The first-order chi connectivity index (χ1) is 16.3. The van der Waals surface area contributed by atoms with Gasteiger partial charge in [-0.25, -0.2) is 4.79 Å². The average Bonchev–Trinajstić information content (AvgIpc) is 2.77. The molecule has 2 rings (SSSR count). The van der Waals surface area contributed by atoms with Gasteiger partial charge >= 0.3 is 17.8 Å². The van der Waals surface area contributed by atoms with Gasteiger partial charge in [0.2, 0.25) is 11.6 Å². The van der Waals surface area contributed by atoms with Crippen molar-refractivity contribution in [2.24, 2.45) is 0 Å². The van der Waals surface area contributed by atoms with Crippen LogP contribution in [0.2, 0.25) is 0 Å². The minimum absolute atomic E-state index is 0.0204. The zero-order valence-corrected chi connectivity index (χ0v) is 19.4. The molecule has 0 saturated heterocycles. The van der Waals surface area contributed by atoms with Crippen LogP contribution in [-0.2, 0) is 11.2 Å². The number of benzene rings is 1. The Balaban J connectivity index is 2.43. The number of anilines is 2. The summed E-state index contributed by atoms with van der Waals surface area (Å²) in [6, 6.07) is 5.44. The molecule has 34 heavy (non-hydrogen) atoms. The van der Waals surface area contributed by atoms with E-state index in [1.807, 2.05) is 25.1 Å². The number of nitrogen functional groups attached to an aromatic ring is 1. The highest BCUT2D eigenvalue weighted by Gasteiger charge is 2.32. The summed E-state index contributed by atoms with van der Waals surface area (Å²) >= 11 is 0. The van der Waals surface area contributed by atoms with E-state index in [0.29, 0.717) is 25.2 Å². The molecule has 11 heteroatoms. The lowest BCUT2D eigenvalue weighted by atomic mass is 10.1. The number of aryl methyl sites for hydroxylation is 1. The maximum atomic E-state index is 12.8. The summed E-state index contributed by atoms with van der Waals surface area (Å²) in [6.07, 6.45) is 3.30. The van der Waals surface area contributed by atoms with E-state index in [2.05, 4.69) is 23.1 Å². The van der Waals surface area contributed by atoms with Crippen molar-refractivity contribution in [2.45, 2.75) is 26.7 Å². The molecular weight excluding hydrogens is 442 g/mol. The fourth-order valence-corrected chi connectivity index (χ4v) is 3.03. The SMILES string of the molecule is C=CCCOc1nc(N)c([N+](=O)[O-])c(N(CCc2cc(C)cc(OCC=C)c2)C(=O)OCC)n1. The Morgan fingerprint density at radius 1 is 1.24 bits per heavy atom. The number of carbonyl (C=O) groups is 1. The molecule has 0 aliphatic heterocycles. The van der Waals surface area contributed by atoms with Gasteiger partial charge in [0.05, 0.1) is 18.1 Å². The Bertz CT molecular complexity index is 1040. The second-order valence-electron chi connectivity index (χ2n) is 7.10. The van der Waals surface area contributed by atoms with Crippen LogP contribution in [0.5, 0.6) is 11.8 Å². The third-order valence-corrected chi connectivity index (χ3v) is 4.45. The van der Waals surface area contributed by atoms with Crippen molar-refractivity contribution in [1.82, 2.24) is 9.97 Å². The molecule has 0 spiro atoms. The Hall–Kier alpha value is -4.15. The van der Waals surface area contributed by atoms with E-state index >= 15 is 0 Å². The molecule has 1 aromatic heterocycles. The molecule has 2 N–H and O–H groups in total. The fraction of sp³-hybridized carbons (Fsp3) is 0.348. The number of hydrogen-bond donors (Lipinski definition) is 1. The molecule has 2 aromatic rings. The number of amides is 1. The Morgan fingerprint density at radius 3 is 2.65 bits per heavy atom. The molecule has 0 atom stereocenters. The highest BCUT2D eigenvalue weighted by atomic mass is 16.6. The smallest absolute Gasteiger partial charge is 0.415 e. The zero-order chi connectivity index (χ0) is 25.1. The number of carbonyl (C=O) groups excluding carboxylic acids is 1. The average molecular weight is 472 g/mol. The molecule has 182 valence electrons. The molecule has 1 aromatic carbocycles. The third-order valence-electron chi connectivity index (χ3n) is 4.45. The van der Waals surface area contributed by atoms with Gasteiger partial charge in [0.1, 0.15) is 12.4 Å². The van der Waals surface area contributed by atoms with Crippen LogP contribution in [0.1, 0.15) is 24.5 Å². The molecular formula is C23H29N5O6. The molecule has 0 saturated carbocycles. The topological polar surface area (TPSA) is 143 Å². The van der Waals surface area contributed by atoms with Gasteiger partial charge in [-0.15, -0.1) is 6.58 Å². The monoisotopic (exact) mass is 471 g/mol. The summed E-state index contributed by atoms with van der Waals surface area (Å²) in [4.78, 5) is 32.8. The Morgan fingerprint density at radius 2 is 2.00 bits per heavy atom. The van der Waals surface area contributed by atoms with Crippen LogP contribution in [0.3, 0.4) is 0 Å². The van der Waals surface area contributed by atoms with Crippen LogP contribution >= 0.6 is 0 Å². The maximum Gasteiger partial charge on any atom is 0.415 e. The summed E-state index contributed by atoms with van der Waals surface area (Å²) < 4.78 is 16.2. The maximum absolute atomic E-state index is 12.8. The standard InChI is InChI=1S/C23H29N5O6/c1-5-8-12-34-22-25-20(24)19(28(30)31)21(26-22)27(23(29)32-7-3)10-9-17-13-16(4)14-18(15-17)33-11-6-2/h5-6,13-15H,1-2,7-12H2,3-4H3,(H2,24,25,26). The predicted molar refractivity (Wildman–Crippen MR) is 128 cm³/mol. The van der Waals surface area contributed by atoms with Crippen LogP contribution in [-0.4, -0.2) is 47.3 Å². The Labute approximate surface area is 198 Å². The van der Waals surface area contributed by atoms with Crippen molar-refractivity contribution in [3.05, 3.63) is 64.8 Å². The number of aromatic nitrogens is 2. The second-order valence-corrected chi connectivity index (χ2v) is 7.10. The molecule has 1 heterocycles. The molecule has 11 nitrogen and oxygen atoms in total. The van der Waals surface area contributed by atoms with Gasteiger partial charge in [0.25, 0.3) is 0 Å². The van der Waals surface area contributed by atoms with E-state index in [1.54, 1.807) is 19.1 Å². The van der Waals surface area contributed by atoms with E-state index in [-0.39, 0.29) is 31.6 Å². The predicted octanol–water partition coefficient (Wildman–Crippen LogP) is 4.00. The highest BCUT2D eigenvalue weighted by molar-refractivity contribution is 5.90. The zero-order valence-electron chi connectivity index (χ0n) is 19.4. The number of nitro groups is 1. The lowest BCUT2D eigenvalue weighted by Gasteiger charge is -2.21. The molecule has 1 amide bonds. The van der Waals surface area contributed by atoms with Gasteiger partial charge in [0, 0.05) is 6.54 Å². The van der Waals surface area contributed by atoms with Gasteiger partial charge in [-0.05, 0) is 49.9 Å². The molecule has 0 radical (unpaired) electrons. The first kappa shape index (κ1) is 26.1. The molecule has 0 fully saturated rings. The van der Waals surface area contributed by atoms with Crippen molar-refractivity contribution in [1.29, 1.82) is 0 Å². The highest BCUT2D eigenvalue weighted by Crippen LogP contribution is 2.33. The first-order valence-electron chi connectivity index (χ1n) is 10.6. The van der Waals surface area contributed by atoms with Crippen molar-refractivity contribution < 1.29 is 23.9 Å². The minimum atomic E-state index is -0.809. The molecule has 0 aliphatic carbocycles. The lowest BCUT2D eigenvalue weighted by molar-refractivity contribution is -0.383. The van der Waals surface area contributed by atoms with E-state index in [1.165, 1.54) is 0 Å². The van der Waals surface area contributed by atoms with Crippen LogP contribution in [0.15, 0.2) is 43.5 Å². The van der Waals surface area contributed by atoms with Crippen molar-refractivity contribution in [3.8, 4) is 11.8 Å². The summed E-state index contributed by atoms with van der Waals surface area (Å²) in [5.41, 5.74) is 7.03. The number of nitrogens with zero attached hydrogens (tertiary/aromatic N) is 4. The number of hydrogen-bond acceptors (Lipinski definition) is 9. The van der Waals surface area contributed by atoms with E-state index in [4.69, 9.17) is 19.9 Å². The summed E-state index contributed by atoms with van der Waals surface area (Å²) in [7, 11) is 0. The van der Waals surface area contributed by atoms with Crippen LogP contribution in [0.4, 0.5) is 22.1 Å². The van der Waals surface area contributed by atoms with Gasteiger partial charge < -0.3 is 19.9 Å². The normalized spacial score (nSPS) is 10.3. The molecule has 0 aliphatic rings. The van der Waals surface area contributed by atoms with E-state index in [9.17, 15) is 14.9 Å². The van der Waals surface area contributed by atoms with Gasteiger partial charge in [-0.2, -0.15) is 9.97 Å². The van der Waals surface area contributed by atoms with Crippen LogP contribution in [0.25, 0.3) is 0 Å². The van der Waals surface area contributed by atoms with Crippen LogP contribution in [0, 0.1) is 17.0 Å². The number of nitrogens with two attached hydrogens (primary N) is 1. The van der Waals surface area contributed by atoms with Crippen molar-refractivity contribution in [2.75, 3.05) is 37.0 Å². The Kier molecular flexibility index (Phi) is 9.81. The molecule has 0 bridgehead atoms. The van der Waals surface area contributed by atoms with Gasteiger partial charge in [-0.1, -0.05) is 24.8 Å². The number of ether oxygens (including phenoxy) is 3. The summed E-state index contributed by atoms with van der Waals surface area (Å²) in [5.74, 6) is -0.0818. The summed E-state index contributed by atoms with van der Waals surface area (Å²) in [6.45, 7) is 11.4. The largest absolute Gasteiger partial charge is 0.490 e. The third kappa shape index (κ3) is 7.19.